The summed E-state index contributed by atoms with van der Waals surface area (Å²) in [5.74, 6) is -1.56. The minimum absolute atomic E-state index is 0.222. The van der Waals surface area contributed by atoms with E-state index in [1.807, 2.05) is 0 Å². The second-order valence-corrected chi connectivity index (χ2v) is 5.72. The molecular formula is C8H17NO5S. The van der Waals surface area contributed by atoms with Gasteiger partial charge in [-0.15, -0.1) is 0 Å². The first-order valence-corrected chi connectivity index (χ1v) is 6.06. The van der Waals surface area contributed by atoms with Crippen LogP contribution in [0.3, 0.4) is 0 Å². The minimum atomic E-state index is -3.57. The van der Waals surface area contributed by atoms with Crippen LogP contribution in [0.4, 0.5) is 0 Å². The van der Waals surface area contributed by atoms with Gasteiger partial charge in [0.15, 0.2) is 0 Å². The molecule has 0 radical (unpaired) electrons. The molecule has 0 aliphatic rings. The van der Waals surface area contributed by atoms with E-state index in [0.29, 0.717) is 0 Å². The Morgan fingerprint density at radius 3 is 2.40 bits per heavy atom. The van der Waals surface area contributed by atoms with Crippen LogP contribution in [-0.4, -0.2) is 44.5 Å². The monoisotopic (exact) mass is 239 g/mol. The van der Waals surface area contributed by atoms with Gasteiger partial charge in [-0.25, -0.2) is 13.1 Å². The zero-order valence-corrected chi connectivity index (χ0v) is 9.93. The number of nitrogens with one attached hydrogen (secondary N) is 1. The fourth-order valence-electron chi connectivity index (χ4n) is 1.08. The third kappa shape index (κ3) is 7.29. The third-order valence-corrected chi connectivity index (χ3v) is 3.13. The van der Waals surface area contributed by atoms with Gasteiger partial charge in [-0.3, -0.25) is 4.79 Å². The summed E-state index contributed by atoms with van der Waals surface area (Å²) >= 11 is 0. The summed E-state index contributed by atoms with van der Waals surface area (Å²) in [4.78, 5) is 10.2. The van der Waals surface area contributed by atoms with E-state index in [0.717, 1.165) is 0 Å². The van der Waals surface area contributed by atoms with Crippen molar-refractivity contribution in [1.29, 1.82) is 0 Å². The Morgan fingerprint density at radius 1 is 1.47 bits per heavy atom. The molecule has 0 aromatic heterocycles. The average Bonchev–Trinajstić information content (AvgIpc) is 1.98. The maximum atomic E-state index is 11.4. The number of aliphatic carboxylic acids is 1. The largest absolute Gasteiger partial charge is 0.481 e. The van der Waals surface area contributed by atoms with Crippen molar-refractivity contribution in [2.24, 2.45) is 0 Å². The van der Waals surface area contributed by atoms with Crippen molar-refractivity contribution in [2.75, 3.05) is 19.5 Å². The number of carboxylic acids is 1. The van der Waals surface area contributed by atoms with Gasteiger partial charge in [0, 0.05) is 7.11 Å². The topological polar surface area (TPSA) is 92.7 Å². The van der Waals surface area contributed by atoms with E-state index in [1.165, 1.54) is 7.11 Å². The molecule has 0 aromatic rings. The molecule has 0 unspecified atom stereocenters. The van der Waals surface area contributed by atoms with Gasteiger partial charge in [-0.2, -0.15) is 0 Å². The molecule has 0 aliphatic carbocycles. The Morgan fingerprint density at radius 2 is 2.00 bits per heavy atom. The molecule has 6 nitrogen and oxygen atoms in total. The lowest BCUT2D eigenvalue weighted by molar-refractivity contribution is -0.136. The van der Waals surface area contributed by atoms with Crippen molar-refractivity contribution in [3.05, 3.63) is 0 Å². The van der Waals surface area contributed by atoms with Gasteiger partial charge in [0.1, 0.15) is 0 Å². The Balaban J connectivity index is 4.31. The quantitative estimate of drug-likeness (QED) is 0.642. The van der Waals surface area contributed by atoms with Crippen molar-refractivity contribution in [3.8, 4) is 0 Å². The van der Waals surface area contributed by atoms with Crippen molar-refractivity contribution in [1.82, 2.24) is 4.72 Å². The van der Waals surface area contributed by atoms with E-state index in [4.69, 9.17) is 9.84 Å². The molecule has 0 fully saturated rings. The molecule has 2 N–H and O–H groups in total. The summed E-state index contributed by atoms with van der Waals surface area (Å²) in [6.07, 6.45) is -0.404. The highest BCUT2D eigenvalue weighted by Gasteiger charge is 2.24. The SMILES string of the molecule is COCC(C)(C)NS(=O)(=O)CCC(=O)O. The molecule has 15 heavy (non-hydrogen) atoms. The summed E-state index contributed by atoms with van der Waals surface area (Å²) in [5.41, 5.74) is -0.730. The number of rotatable bonds is 7. The summed E-state index contributed by atoms with van der Waals surface area (Å²) in [6, 6.07) is 0. The molecule has 0 saturated heterocycles. The Labute approximate surface area is 89.7 Å². The van der Waals surface area contributed by atoms with Gasteiger partial charge < -0.3 is 9.84 Å². The average molecular weight is 239 g/mol. The summed E-state index contributed by atoms with van der Waals surface area (Å²) in [7, 11) is -2.10. The van der Waals surface area contributed by atoms with E-state index in [1.54, 1.807) is 13.8 Å². The highest BCUT2D eigenvalue weighted by atomic mass is 32.2. The van der Waals surface area contributed by atoms with E-state index in [2.05, 4.69) is 4.72 Å². The lowest BCUT2D eigenvalue weighted by Crippen LogP contribution is -2.47. The predicted octanol–water partition coefficient (Wildman–Crippen LogP) is -0.194. The third-order valence-electron chi connectivity index (χ3n) is 1.52. The number of methoxy groups -OCH3 is 1. The number of ether oxygens (including phenoxy) is 1. The first-order valence-electron chi connectivity index (χ1n) is 4.41. The fourth-order valence-corrected chi connectivity index (χ4v) is 2.53. The minimum Gasteiger partial charge on any atom is -0.481 e. The van der Waals surface area contributed by atoms with Crippen LogP contribution in [0.25, 0.3) is 0 Å². The zero-order chi connectivity index (χ0) is 12.1. The first kappa shape index (κ1) is 14.3. The Bertz CT molecular complexity index is 309. The molecule has 0 rings (SSSR count). The molecule has 0 atom stereocenters. The summed E-state index contributed by atoms with van der Waals surface area (Å²) in [6.45, 7) is 3.54. The summed E-state index contributed by atoms with van der Waals surface area (Å²) in [5, 5.41) is 8.36. The second-order valence-electron chi connectivity index (χ2n) is 3.88. The number of sulfonamides is 1. The molecule has 7 heteroatoms. The van der Waals surface area contributed by atoms with Gasteiger partial charge in [-0.1, -0.05) is 0 Å². The van der Waals surface area contributed by atoms with Gasteiger partial charge in [-0.05, 0) is 13.8 Å². The summed E-state index contributed by atoms with van der Waals surface area (Å²) < 4.78 is 30.0. The Hall–Kier alpha value is -0.660. The number of carboxylic acid groups (broad SMARTS) is 1. The van der Waals surface area contributed by atoms with Gasteiger partial charge in [0.2, 0.25) is 10.0 Å². The maximum absolute atomic E-state index is 11.4. The van der Waals surface area contributed by atoms with Crippen LogP contribution in [0.15, 0.2) is 0 Å². The van der Waals surface area contributed by atoms with Crippen molar-refractivity contribution >= 4 is 16.0 Å². The molecule has 0 aromatic carbocycles. The Kier molecular flexibility index (Phi) is 5.19. The molecule has 90 valence electrons. The fraction of sp³-hybridized carbons (Fsp3) is 0.875. The van der Waals surface area contributed by atoms with Crippen LogP contribution in [0.5, 0.6) is 0 Å². The zero-order valence-electron chi connectivity index (χ0n) is 9.11. The molecule has 0 amide bonds. The molecule has 0 saturated carbocycles. The number of hydrogen-bond acceptors (Lipinski definition) is 4. The van der Waals surface area contributed by atoms with Crippen LogP contribution < -0.4 is 4.72 Å². The highest BCUT2D eigenvalue weighted by Crippen LogP contribution is 2.05. The van der Waals surface area contributed by atoms with Gasteiger partial charge in [0.05, 0.1) is 24.3 Å². The molecule has 0 spiro atoms. The predicted molar refractivity (Wildman–Crippen MR) is 55.1 cm³/mol. The standard InChI is InChI=1S/C8H17NO5S/c1-8(2,6-14-3)9-15(12,13)5-4-7(10)11/h9H,4-6H2,1-3H3,(H,10,11). The lowest BCUT2D eigenvalue weighted by atomic mass is 10.1. The molecule has 0 bridgehead atoms. The van der Waals surface area contributed by atoms with Crippen LogP contribution in [-0.2, 0) is 19.6 Å². The second kappa shape index (κ2) is 5.43. The van der Waals surface area contributed by atoms with Crippen LogP contribution >= 0.6 is 0 Å². The number of hydrogen-bond donors (Lipinski definition) is 2. The maximum Gasteiger partial charge on any atom is 0.304 e. The van der Waals surface area contributed by atoms with E-state index in [9.17, 15) is 13.2 Å². The van der Waals surface area contributed by atoms with E-state index >= 15 is 0 Å². The number of carbonyl (C=O) groups is 1. The molecule has 0 heterocycles. The molecule has 0 aliphatic heterocycles. The smallest absolute Gasteiger partial charge is 0.304 e. The lowest BCUT2D eigenvalue weighted by Gasteiger charge is -2.24. The van der Waals surface area contributed by atoms with Crippen LogP contribution in [0.2, 0.25) is 0 Å². The van der Waals surface area contributed by atoms with E-state index in [-0.39, 0.29) is 6.61 Å². The van der Waals surface area contributed by atoms with Gasteiger partial charge >= 0.3 is 5.97 Å². The first-order chi connectivity index (χ1) is 6.68. The molecular weight excluding hydrogens is 222 g/mol. The highest BCUT2D eigenvalue weighted by molar-refractivity contribution is 7.89. The van der Waals surface area contributed by atoms with Gasteiger partial charge in [0.25, 0.3) is 0 Å². The van der Waals surface area contributed by atoms with Crippen LogP contribution in [0, 0.1) is 0 Å². The van der Waals surface area contributed by atoms with Crippen molar-refractivity contribution in [3.63, 3.8) is 0 Å². The van der Waals surface area contributed by atoms with Crippen LogP contribution in [0.1, 0.15) is 20.3 Å². The van der Waals surface area contributed by atoms with Crippen molar-refractivity contribution in [2.45, 2.75) is 25.8 Å². The van der Waals surface area contributed by atoms with Crippen molar-refractivity contribution < 1.29 is 23.1 Å². The normalized spacial score (nSPS) is 12.7. The van der Waals surface area contributed by atoms with E-state index < -0.39 is 33.7 Å².